The van der Waals surface area contributed by atoms with Crippen molar-refractivity contribution in [1.29, 1.82) is 0 Å². The minimum atomic E-state index is 0.0574. The molecule has 0 radical (unpaired) electrons. The molecule has 0 N–H and O–H groups in total. The van der Waals surface area contributed by atoms with Crippen molar-refractivity contribution in [3.05, 3.63) is 94.5 Å². The molecule has 1 aromatic heterocycles. The summed E-state index contributed by atoms with van der Waals surface area (Å²) in [4.78, 5) is 12.6. The largest absolute Gasteiger partial charge is 0.293 e. The lowest BCUT2D eigenvalue weighted by Crippen LogP contribution is -2.05. The van der Waals surface area contributed by atoms with Gasteiger partial charge in [0.2, 0.25) is 0 Å². The second-order valence-corrected chi connectivity index (χ2v) is 8.42. The molecule has 4 rings (SSSR count). The van der Waals surface area contributed by atoms with Gasteiger partial charge in [0.05, 0.1) is 5.75 Å². The van der Waals surface area contributed by atoms with Gasteiger partial charge in [0.15, 0.2) is 16.8 Å². The molecule has 0 saturated heterocycles. The summed E-state index contributed by atoms with van der Waals surface area (Å²) in [6.07, 6.45) is 0. The van der Waals surface area contributed by atoms with Gasteiger partial charge in [0.25, 0.3) is 0 Å². The lowest BCUT2D eigenvalue weighted by molar-refractivity contribution is 0.102. The van der Waals surface area contributed by atoms with Crippen LogP contribution in [0.3, 0.4) is 0 Å². The monoisotopic (exact) mass is 463 g/mol. The third-order valence-corrected chi connectivity index (χ3v) is 5.91. The van der Waals surface area contributed by atoms with Gasteiger partial charge in [-0.3, -0.25) is 9.36 Å². The number of thioether (sulfide) groups is 1. The summed E-state index contributed by atoms with van der Waals surface area (Å²) in [5.74, 6) is 1.11. The van der Waals surface area contributed by atoms with Crippen LogP contribution in [0.25, 0.3) is 17.1 Å². The predicted octanol–water partition coefficient (Wildman–Crippen LogP) is 5.98. The van der Waals surface area contributed by atoms with Crippen molar-refractivity contribution in [3.8, 4) is 17.1 Å². The Labute approximate surface area is 182 Å². The van der Waals surface area contributed by atoms with Crippen molar-refractivity contribution in [2.75, 3.05) is 5.75 Å². The second-order valence-electron chi connectivity index (χ2n) is 6.56. The molecule has 0 fully saturated rings. The van der Waals surface area contributed by atoms with Crippen LogP contribution in [0.1, 0.15) is 15.9 Å². The number of hydrogen-bond acceptors (Lipinski definition) is 4. The molecule has 0 unspecified atom stereocenters. The lowest BCUT2D eigenvalue weighted by atomic mass is 10.1. The molecule has 1 heterocycles. The normalized spacial score (nSPS) is 10.8. The van der Waals surface area contributed by atoms with Gasteiger partial charge in [-0.05, 0) is 31.2 Å². The van der Waals surface area contributed by atoms with Gasteiger partial charge >= 0.3 is 0 Å². The molecule has 0 aliphatic rings. The van der Waals surface area contributed by atoms with Crippen molar-refractivity contribution in [3.63, 3.8) is 0 Å². The molecule has 0 bridgehead atoms. The second kappa shape index (κ2) is 8.76. The average Bonchev–Trinajstić information content (AvgIpc) is 3.17. The van der Waals surface area contributed by atoms with E-state index < -0.39 is 0 Å². The number of aromatic nitrogens is 3. The number of para-hydroxylation sites is 1. The quantitative estimate of drug-likeness (QED) is 0.260. The number of aryl methyl sites for hydroxylation is 1. The highest BCUT2D eigenvalue weighted by molar-refractivity contribution is 9.10. The summed E-state index contributed by atoms with van der Waals surface area (Å²) in [7, 11) is 0. The Kier molecular flexibility index (Phi) is 5.92. The van der Waals surface area contributed by atoms with Gasteiger partial charge < -0.3 is 0 Å². The molecule has 0 amide bonds. The Balaban J connectivity index is 1.65. The average molecular weight is 464 g/mol. The molecular weight excluding hydrogens is 446 g/mol. The van der Waals surface area contributed by atoms with Gasteiger partial charge in [-0.15, -0.1) is 10.2 Å². The first-order valence-corrected chi connectivity index (χ1v) is 10.9. The van der Waals surface area contributed by atoms with Crippen LogP contribution in [-0.4, -0.2) is 26.3 Å². The Morgan fingerprint density at radius 3 is 2.31 bits per heavy atom. The van der Waals surface area contributed by atoms with Crippen molar-refractivity contribution in [1.82, 2.24) is 14.8 Å². The molecule has 4 nitrogen and oxygen atoms in total. The van der Waals surface area contributed by atoms with E-state index >= 15 is 0 Å². The van der Waals surface area contributed by atoms with E-state index in [1.807, 2.05) is 71.3 Å². The van der Waals surface area contributed by atoms with Crippen LogP contribution in [0.4, 0.5) is 0 Å². The molecule has 6 heteroatoms. The van der Waals surface area contributed by atoms with E-state index in [1.165, 1.54) is 17.3 Å². The summed E-state index contributed by atoms with van der Waals surface area (Å²) in [6.45, 7) is 2.06. The van der Waals surface area contributed by atoms with Gasteiger partial charge in [-0.2, -0.15) is 0 Å². The number of nitrogens with zero attached hydrogens (tertiary/aromatic N) is 3. The van der Waals surface area contributed by atoms with Crippen LogP contribution >= 0.6 is 27.7 Å². The number of ketones is 1. The van der Waals surface area contributed by atoms with E-state index in [-0.39, 0.29) is 5.78 Å². The fraction of sp³-hybridized carbons (Fsp3) is 0.0870. The van der Waals surface area contributed by atoms with Crippen molar-refractivity contribution >= 4 is 33.5 Å². The van der Waals surface area contributed by atoms with E-state index in [9.17, 15) is 4.79 Å². The SMILES string of the molecule is Cc1ccc(-c2nnc(SCC(=O)c3ccc(Br)cc3)n2-c2ccccc2)cc1. The number of halogens is 1. The number of rotatable bonds is 6. The smallest absolute Gasteiger partial charge is 0.196 e. The first-order chi connectivity index (χ1) is 14.1. The molecule has 0 saturated carbocycles. The molecule has 144 valence electrons. The van der Waals surface area contributed by atoms with Crippen LogP contribution in [0.15, 0.2) is 88.5 Å². The Bertz CT molecular complexity index is 1120. The maximum atomic E-state index is 12.6. The molecule has 0 aliphatic carbocycles. The highest BCUT2D eigenvalue weighted by Gasteiger charge is 2.17. The molecule has 0 spiro atoms. The molecule has 4 aromatic rings. The van der Waals surface area contributed by atoms with Crippen LogP contribution in [-0.2, 0) is 0 Å². The highest BCUT2D eigenvalue weighted by Crippen LogP contribution is 2.28. The van der Waals surface area contributed by atoms with Gasteiger partial charge in [0.1, 0.15) is 0 Å². The minimum absolute atomic E-state index is 0.0574. The first-order valence-electron chi connectivity index (χ1n) is 9.11. The summed E-state index contributed by atoms with van der Waals surface area (Å²) in [6, 6.07) is 25.6. The molecular formula is C23H18BrN3OS. The van der Waals surface area contributed by atoms with Gasteiger partial charge in [-0.1, -0.05) is 87.9 Å². The Morgan fingerprint density at radius 2 is 1.62 bits per heavy atom. The van der Waals surface area contributed by atoms with E-state index in [0.29, 0.717) is 16.5 Å². The maximum Gasteiger partial charge on any atom is 0.196 e. The number of Topliss-reactive ketones (excluding diaryl/α,β-unsaturated/α-hetero) is 1. The molecule has 29 heavy (non-hydrogen) atoms. The van der Waals surface area contributed by atoms with Crippen LogP contribution < -0.4 is 0 Å². The summed E-state index contributed by atoms with van der Waals surface area (Å²) in [5.41, 5.74) is 3.82. The zero-order valence-corrected chi connectivity index (χ0v) is 18.2. The molecule has 3 aromatic carbocycles. The first kappa shape index (κ1) is 19.6. The third kappa shape index (κ3) is 4.49. The van der Waals surface area contributed by atoms with E-state index in [1.54, 1.807) is 0 Å². The van der Waals surface area contributed by atoms with E-state index in [4.69, 9.17) is 0 Å². The van der Waals surface area contributed by atoms with Crippen LogP contribution in [0.2, 0.25) is 0 Å². The van der Waals surface area contributed by atoms with Gasteiger partial charge in [-0.25, -0.2) is 0 Å². The summed E-state index contributed by atoms with van der Waals surface area (Å²) >= 11 is 4.79. The summed E-state index contributed by atoms with van der Waals surface area (Å²) < 4.78 is 2.96. The van der Waals surface area contributed by atoms with E-state index in [0.717, 1.165) is 21.5 Å². The van der Waals surface area contributed by atoms with E-state index in [2.05, 4.69) is 45.2 Å². The lowest BCUT2D eigenvalue weighted by Gasteiger charge is -2.10. The standard InChI is InChI=1S/C23H18BrN3OS/c1-16-7-9-18(10-8-16)22-25-26-23(27(22)20-5-3-2-4-6-20)29-15-21(28)17-11-13-19(24)14-12-17/h2-14H,15H2,1H3. The zero-order valence-electron chi connectivity index (χ0n) is 15.7. The van der Waals surface area contributed by atoms with Crippen molar-refractivity contribution in [2.24, 2.45) is 0 Å². The van der Waals surface area contributed by atoms with Crippen LogP contribution in [0, 0.1) is 6.92 Å². The predicted molar refractivity (Wildman–Crippen MR) is 121 cm³/mol. The Morgan fingerprint density at radius 1 is 0.931 bits per heavy atom. The number of carbonyl (C=O) groups excluding carboxylic acids is 1. The number of carbonyl (C=O) groups is 1. The number of benzene rings is 3. The topological polar surface area (TPSA) is 47.8 Å². The fourth-order valence-electron chi connectivity index (χ4n) is 2.91. The van der Waals surface area contributed by atoms with Crippen molar-refractivity contribution < 1.29 is 4.79 Å². The van der Waals surface area contributed by atoms with Crippen LogP contribution in [0.5, 0.6) is 0 Å². The maximum absolute atomic E-state index is 12.6. The Hall–Kier alpha value is -2.70. The highest BCUT2D eigenvalue weighted by atomic mass is 79.9. The molecule has 0 atom stereocenters. The molecule has 0 aliphatic heterocycles. The fourth-order valence-corrected chi connectivity index (χ4v) is 4.02. The minimum Gasteiger partial charge on any atom is -0.293 e. The zero-order chi connectivity index (χ0) is 20.2. The van der Waals surface area contributed by atoms with Gasteiger partial charge in [0, 0.05) is 21.3 Å². The number of hydrogen-bond donors (Lipinski definition) is 0. The third-order valence-electron chi connectivity index (χ3n) is 4.46. The van der Waals surface area contributed by atoms with Crippen molar-refractivity contribution in [2.45, 2.75) is 12.1 Å². The summed E-state index contributed by atoms with van der Waals surface area (Å²) in [5, 5.41) is 9.51.